The van der Waals surface area contributed by atoms with Crippen molar-refractivity contribution in [3.63, 3.8) is 0 Å². The molecule has 0 aliphatic heterocycles. The van der Waals surface area contributed by atoms with Crippen molar-refractivity contribution in [3.8, 4) is 11.8 Å². The van der Waals surface area contributed by atoms with Crippen molar-refractivity contribution >= 4 is 14.3 Å². The maximum Gasteiger partial charge on any atom is 0.384 e. The summed E-state index contributed by atoms with van der Waals surface area (Å²) in [6.45, 7) is 11.6. The largest absolute Gasteiger partial charge is 0.459 e. The summed E-state index contributed by atoms with van der Waals surface area (Å²) in [7, 11) is -0.450. The van der Waals surface area contributed by atoms with E-state index < -0.39 is 20.4 Å². The Morgan fingerprint density at radius 2 is 1.95 bits per heavy atom. The minimum atomic E-state index is -1.71. The fourth-order valence-electron chi connectivity index (χ4n) is 1.09. The van der Waals surface area contributed by atoms with E-state index in [9.17, 15) is 9.90 Å². The molecule has 1 N–H and O–H groups in total. The van der Waals surface area contributed by atoms with Gasteiger partial charge in [-0.05, 0) is 31.0 Å². The minimum Gasteiger partial charge on any atom is -0.459 e. The molecule has 0 amide bonds. The predicted octanol–water partition coefficient (Wildman–Crippen LogP) is 2.33. The summed E-state index contributed by atoms with van der Waals surface area (Å²) < 4.78 is 10.3. The van der Waals surface area contributed by atoms with E-state index in [1.54, 1.807) is 0 Å². The Bertz CT molecular complexity index is 347. The summed E-state index contributed by atoms with van der Waals surface area (Å²) in [6, 6.07) is 0. The van der Waals surface area contributed by atoms with Crippen LogP contribution in [-0.2, 0) is 14.0 Å². The van der Waals surface area contributed by atoms with Crippen molar-refractivity contribution in [1.29, 1.82) is 0 Å². The number of hydrogen-bond acceptors (Lipinski definition) is 4. The number of methoxy groups -OCH3 is 1. The summed E-state index contributed by atoms with van der Waals surface area (Å²) in [5.74, 6) is 4.04. The number of esters is 1. The molecular formula is C14H26O4Si. The van der Waals surface area contributed by atoms with Gasteiger partial charge < -0.3 is 14.3 Å². The average molecular weight is 286 g/mol. The Morgan fingerprint density at radius 3 is 2.42 bits per heavy atom. The summed E-state index contributed by atoms with van der Waals surface area (Å²) in [5.41, 5.74) is 0. The van der Waals surface area contributed by atoms with Gasteiger partial charge in [-0.15, -0.1) is 0 Å². The van der Waals surface area contributed by atoms with Crippen LogP contribution in [0.1, 0.15) is 33.6 Å². The lowest BCUT2D eigenvalue weighted by molar-refractivity contribution is -0.133. The van der Waals surface area contributed by atoms with Gasteiger partial charge in [-0.1, -0.05) is 26.7 Å². The molecule has 0 aromatic carbocycles. The first-order chi connectivity index (χ1) is 8.60. The van der Waals surface area contributed by atoms with Gasteiger partial charge in [0.15, 0.2) is 8.32 Å². The molecule has 0 rings (SSSR count). The van der Waals surface area contributed by atoms with Crippen LogP contribution in [0, 0.1) is 11.8 Å². The normalized spacial score (nSPS) is 13.4. The highest BCUT2D eigenvalue weighted by molar-refractivity contribution is 6.74. The van der Waals surface area contributed by atoms with Crippen LogP contribution >= 0.6 is 0 Å². The summed E-state index contributed by atoms with van der Waals surface area (Å²) in [4.78, 5) is 10.8. The third-order valence-electron chi connectivity index (χ3n) is 3.42. The number of hydrogen-bond donors (Lipinski definition) is 1. The summed E-state index contributed by atoms with van der Waals surface area (Å²) in [5, 5.41) is 9.75. The van der Waals surface area contributed by atoms with Gasteiger partial charge in [0.2, 0.25) is 0 Å². The van der Waals surface area contributed by atoms with E-state index in [2.05, 4.69) is 50.4 Å². The molecule has 0 saturated carbocycles. The monoisotopic (exact) mass is 286 g/mol. The van der Waals surface area contributed by atoms with E-state index in [4.69, 9.17) is 4.43 Å². The van der Waals surface area contributed by atoms with Crippen molar-refractivity contribution in [2.75, 3.05) is 13.7 Å². The van der Waals surface area contributed by atoms with Gasteiger partial charge in [0.05, 0.1) is 7.11 Å². The second kappa shape index (κ2) is 7.68. The van der Waals surface area contributed by atoms with Gasteiger partial charge >= 0.3 is 5.97 Å². The second-order valence-electron chi connectivity index (χ2n) is 6.03. The van der Waals surface area contributed by atoms with Crippen molar-refractivity contribution in [2.24, 2.45) is 0 Å². The number of carbonyl (C=O) groups excluding carboxylic acids is 1. The lowest BCUT2D eigenvalue weighted by atomic mass is 10.2. The van der Waals surface area contributed by atoms with Crippen molar-refractivity contribution in [1.82, 2.24) is 0 Å². The highest BCUT2D eigenvalue weighted by Gasteiger charge is 2.36. The highest BCUT2D eigenvalue weighted by atomic mass is 28.4. The van der Waals surface area contributed by atoms with Crippen LogP contribution in [0.3, 0.4) is 0 Å². The third-order valence-corrected chi connectivity index (χ3v) is 7.96. The van der Waals surface area contributed by atoms with E-state index >= 15 is 0 Å². The van der Waals surface area contributed by atoms with Crippen LogP contribution in [0.4, 0.5) is 0 Å². The number of ether oxygens (including phenoxy) is 1. The lowest BCUT2D eigenvalue weighted by Gasteiger charge is -2.36. The lowest BCUT2D eigenvalue weighted by Crippen LogP contribution is -2.41. The maximum absolute atomic E-state index is 10.8. The van der Waals surface area contributed by atoms with Gasteiger partial charge in [-0.25, -0.2) is 4.79 Å². The molecule has 19 heavy (non-hydrogen) atoms. The molecule has 1 unspecified atom stereocenters. The Labute approximate surface area is 117 Å². The van der Waals surface area contributed by atoms with Gasteiger partial charge in [0, 0.05) is 12.5 Å². The van der Waals surface area contributed by atoms with Crippen molar-refractivity contribution in [2.45, 2.75) is 57.8 Å². The van der Waals surface area contributed by atoms with Crippen LogP contribution < -0.4 is 0 Å². The Morgan fingerprint density at radius 1 is 1.37 bits per heavy atom. The zero-order valence-corrected chi connectivity index (χ0v) is 13.9. The van der Waals surface area contributed by atoms with E-state index in [0.29, 0.717) is 13.0 Å². The Kier molecular flexibility index (Phi) is 7.35. The predicted molar refractivity (Wildman–Crippen MR) is 78.2 cm³/mol. The first-order valence-electron chi connectivity index (χ1n) is 6.51. The SMILES string of the molecule is COC(=O)C#CC(O)CCCO[Si](C)(C)C(C)(C)C. The Hall–Kier alpha value is -0.833. The smallest absolute Gasteiger partial charge is 0.384 e. The van der Waals surface area contributed by atoms with Crippen molar-refractivity contribution in [3.05, 3.63) is 0 Å². The molecule has 0 aromatic rings. The molecule has 0 spiro atoms. The second-order valence-corrected chi connectivity index (χ2v) is 10.8. The zero-order chi connectivity index (χ0) is 15.1. The number of aliphatic hydroxyl groups is 1. The Balaban J connectivity index is 3.98. The third kappa shape index (κ3) is 7.36. The molecular weight excluding hydrogens is 260 g/mol. The summed E-state index contributed by atoms with van der Waals surface area (Å²) >= 11 is 0. The van der Waals surface area contributed by atoms with Crippen LogP contribution in [-0.4, -0.2) is 39.2 Å². The zero-order valence-electron chi connectivity index (χ0n) is 12.9. The van der Waals surface area contributed by atoms with Gasteiger partial charge in [0.25, 0.3) is 0 Å². The molecule has 0 aliphatic rings. The number of rotatable bonds is 5. The minimum absolute atomic E-state index is 0.191. The molecule has 4 nitrogen and oxygen atoms in total. The van der Waals surface area contributed by atoms with Crippen LogP contribution in [0.5, 0.6) is 0 Å². The fourth-order valence-corrected chi connectivity index (χ4v) is 2.17. The van der Waals surface area contributed by atoms with Gasteiger partial charge in [-0.3, -0.25) is 0 Å². The molecule has 0 fully saturated rings. The number of aliphatic hydroxyl groups excluding tert-OH is 1. The van der Waals surface area contributed by atoms with E-state index in [1.165, 1.54) is 7.11 Å². The van der Waals surface area contributed by atoms with E-state index in [1.807, 2.05) is 0 Å². The van der Waals surface area contributed by atoms with E-state index in [-0.39, 0.29) is 5.04 Å². The van der Waals surface area contributed by atoms with Gasteiger partial charge in [0.1, 0.15) is 6.10 Å². The molecule has 5 heteroatoms. The fraction of sp³-hybridized carbons (Fsp3) is 0.786. The summed E-state index contributed by atoms with van der Waals surface area (Å²) in [6.07, 6.45) is 0.421. The first-order valence-corrected chi connectivity index (χ1v) is 9.42. The molecule has 0 aromatic heterocycles. The first kappa shape index (κ1) is 18.2. The molecule has 0 heterocycles. The molecule has 0 radical (unpaired) electrons. The topological polar surface area (TPSA) is 55.8 Å². The molecule has 0 aliphatic carbocycles. The van der Waals surface area contributed by atoms with Crippen molar-refractivity contribution < 1.29 is 19.1 Å². The molecule has 0 saturated heterocycles. The highest BCUT2D eigenvalue weighted by Crippen LogP contribution is 2.36. The van der Waals surface area contributed by atoms with Gasteiger partial charge in [-0.2, -0.15) is 0 Å². The molecule has 0 bridgehead atoms. The van der Waals surface area contributed by atoms with Crippen LogP contribution in [0.15, 0.2) is 0 Å². The molecule has 1 atom stereocenters. The van der Waals surface area contributed by atoms with E-state index in [0.717, 1.165) is 6.42 Å². The number of carbonyl (C=O) groups is 1. The van der Waals surface area contributed by atoms with Crippen LogP contribution in [0.2, 0.25) is 18.1 Å². The van der Waals surface area contributed by atoms with Crippen LogP contribution in [0.25, 0.3) is 0 Å². The maximum atomic E-state index is 10.8. The quantitative estimate of drug-likeness (QED) is 0.277. The molecule has 110 valence electrons. The average Bonchev–Trinajstić information content (AvgIpc) is 2.30. The standard InChI is InChI=1S/C14H26O4Si/c1-14(2,3)19(5,6)18-11-7-8-12(15)9-10-13(16)17-4/h12,15H,7-8,11H2,1-6H3.